The van der Waals surface area contributed by atoms with Crippen LogP contribution in [-0.4, -0.2) is 43.7 Å². The first-order valence-electron chi connectivity index (χ1n) is 11.1. The van der Waals surface area contributed by atoms with Gasteiger partial charge in [-0.15, -0.1) is 0 Å². The number of fused-ring (bicyclic) bond motifs is 3. The van der Waals surface area contributed by atoms with Crippen LogP contribution in [0.3, 0.4) is 0 Å². The highest BCUT2D eigenvalue weighted by atomic mass is 32.2. The summed E-state index contributed by atoms with van der Waals surface area (Å²) in [5.41, 5.74) is 2.40. The minimum Gasteiger partial charge on any atom is -0.486 e. The molecule has 9 nitrogen and oxygen atoms in total. The lowest BCUT2D eigenvalue weighted by molar-refractivity contribution is -0.116. The van der Waals surface area contributed by atoms with Crippen LogP contribution in [0.25, 0.3) is 0 Å². The first-order valence-corrected chi connectivity index (χ1v) is 12.1. The zero-order valence-electron chi connectivity index (χ0n) is 17.9. The molecule has 33 heavy (non-hydrogen) atoms. The van der Waals surface area contributed by atoms with E-state index in [4.69, 9.17) is 9.47 Å². The molecule has 2 aromatic heterocycles. The number of hydrogen-bond donors (Lipinski definition) is 1. The molecule has 0 saturated heterocycles. The van der Waals surface area contributed by atoms with E-state index < -0.39 is 0 Å². The average molecular weight is 466 g/mol. The summed E-state index contributed by atoms with van der Waals surface area (Å²) in [5.74, 6) is 2.00. The van der Waals surface area contributed by atoms with Crippen molar-refractivity contribution in [2.24, 2.45) is 0 Å². The molecule has 0 radical (unpaired) electrons. The summed E-state index contributed by atoms with van der Waals surface area (Å²) in [7, 11) is 0. The summed E-state index contributed by atoms with van der Waals surface area (Å²) in [4.78, 5) is 30.3. The first-order chi connectivity index (χ1) is 16.1. The Bertz CT molecular complexity index is 1290. The Balaban J connectivity index is 1.08. The number of carbonyl (C=O) groups is 1. The molecule has 0 spiro atoms. The summed E-state index contributed by atoms with van der Waals surface area (Å²) in [5, 5.41) is 7.98. The van der Waals surface area contributed by atoms with Gasteiger partial charge in [-0.1, -0.05) is 23.9 Å². The highest BCUT2D eigenvalue weighted by Gasteiger charge is 2.31. The predicted octanol–water partition coefficient (Wildman–Crippen LogP) is 2.44. The molecule has 1 aromatic carbocycles. The second-order valence-electron chi connectivity index (χ2n) is 8.51. The molecule has 0 bridgehead atoms. The van der Waals surface area contributed by atoms with Crippen molar-refractivity contribution in [2.75, 3.05) is 17.7 Å². The first kappa shape index (κ1) is 20.3. The van der Waals surface area contributed by atoms with Crippen LogP contribution < -0.4 is 20.3 Å². The zero-order valence-corrected chi connectivity index (χ0v) is 18.7. The minimum absolute atomic E-state index is 0.0272. The molecule has 4 heterocycles. The molecule has 0 saturated carbocycles. The fourth-order valence-corrected chi connectivity index (χ4v) is 5.77. The number of amides is 1. The van der Waals surface area contributed by atoms with Crippen molar-refractivity contribution < 1.29 is 14.3 Å². The second kappa shape index (κ2) is 8.26. The van der Waals surface area contributed by atoms with Crippen molar-refractivity contribution in [3.8, 4) is 11.5 Å². The number of aryl methyl sites for hydroxylation is 1. The van der Waals surface area contributed by atoms with Crippen LogP contribution in [0.1, 0.15) is 30.1 Å². The van der Waals surface area contributed by atoms with Crippen LogP contribution in [0.5, 0.6) is 11.5 Å². The zero-order chi connectivity index (χ0) is 22.4. The van der Waals surface area contributed by atoms with Crippen molar-refractivity contribution in [3.63, 3.8) is 0 Å². The molecule has 170 valence electrons. The van der Waals surface area contributed by atoms with Gasteiger partial charge in [0.05, 0.1) is 30.2 Å². The smallest absolute Gasteiger partial charge is 0.257 e. The van der Waals surface area contributed by atoms with Crippen molar-refractivity contribution >= 4 is 23.4 Å². The van der Waals surface area contributed by atoms with Gasteiger partial charge in [0.25, 0.3) is 5.56 Å². The quantitative estimate of drug-likeness (QED) is 0.578. The molecule has 10 heteroatoms. The van der Waals surface area contributed by atoms with E-state index in [0.717, 1.165) is 47.2 Å². The largest absolute Gasteiger partial charge is 0.486 e. The van der Waals surface area contributed by atoms with E-state index in [1.165, 1.54) is 0 Å². The van der Waals surface area contributed by atoms with E-state index in [2.05, 4.69) is 15.4 Å². The Morgan fingerprint density at radius 1 is 1.24 bits per heavy atom. The maximum absolute atomic E-state index is 12.9. The highest BCUT2D eigenvalue weighted by molar-refractivity contribution is 7.99. The predicted molar refractivity (Wildman–Crippen MR) is 122 cm³/mol. The number of nitrogens with one attached hydrogen (secondary N) is 1. The van der Waals surface area contributed by atoms with Crippen molar-refractivity contribution in [3.05, 3.63) is 58.3 Å². The van der Waals surface area contributed by atoms with Gasteiger partial charge in [0.1, 0.15) is 6.61 Å². The third kappa shape index (κ3) is 3.88. The van der Waals surface area contributed by atoms with E-state index in [1.807, 2.05) is 24.3 Å². The number of hydrogen-bond acceptors (Lipinski definition) is 7. The molecule has 0 fully saturated rings. The van der Waals surface area contributed by atoms with Crippen LogP contribution in [0.15, 0.2) is 46.6 Å². The second-order valence-corrected chi connectivity index (χ2v) is 9.50. The van der Waals surface area contributed by atoms with E-state index in [1.54, 1.807) is 33.4 Å². The molecule has 1 aliphatic carbocycles. The summed E-state index contributed by atoms with van der Waals surface area (Å²) >= 11 is 1.55. The number of carbonyl (C=O) groups excluding carboxylic acids is 1. The number of anilines is 1. The molecule has 6 rings (SSSR count). The van der Waals surface area contributed by atoms with Crippen molar-refractivity contribution in [1.29, 1.82) is 0 Å². The number of thioether (sulfide) groups is 1. The highest BCUT2D eigenvalue weighted by Crippen LogP contribution is 2.34. The third-order valence-corrected chi connectivity index (χ3v) is 7.27. The Morgan fingerprint density at radius 2 is 2.12 bits per heavy atom. The summed E-state index contributed by atoms with van der Waals surface area (Å²) in [6.07, 6.45) is 6.08. The van der Waals surface area contributed by atoms with Crippen LogP contribution in [0, 0.1) is 0 Å². The molecule has 3 aliphatic rings. The summed E-state index contributed by atoms with van der Waals surface area (Å²) in [6, 6.07) is 7.40. The average Bonchev–Trinajstić information content (AvgIpc) is 3.55. The Morgan fingerprint density at radius 3 is 3.03 bits per heavy atom. The standard InChI is InChI=1S/C23H23N5O4S/c29-21(8-15-13-33-23-26-18-5-3-4-17(18)22(30)28(15)23)25-14-9-24-27(10-14)11-16-12-31-19-6-1-2-7-20(19)32-16/h1-2,6-7,9-10,15-16H,3-5,8,11-13H2,(H,25,29). The van der Waals surface area contributed by atoms with Gasteiger partial charge in [0.2, 0.25) is 5.91 Å². The number of nitrogens with zero attached hydrogens (tertiary/aromatic N) is 4. The summed E-state index contributed by atoms with van der Waals surface area (Å²) in [6.45, 7) is 0.937. The van der Waals surface area contributed by atoms with Gasteiger partial charge in [0.15, 0.2) is 22.8 Å². The fourth-order valence-electron chi connectivity index (χ4n) is 4.62. The number of ether oxygens (including phenoxy) is 2. The van der Waals surface area contributed by atoms with E-state index in [0.29, 0.717) is 24.6 Å². The van der Waals surface area contributed by atoms with E-state index in [9.17, 15) is 9.59 Å². The van der Waals surface area contributed by atoms with Crippen molar-refractivity contribution in [1.82, 2.24) is 19.3 Å². The van der Waals surface area contributed by atoms with Gasteiger partial charge in [-0.2, -0.15) is 5.10 Å². The SMILES string of the molecule is O=C(CC1CSc2nc3c(c(=O)n21)CCC3)Nc1cnn(CC2COc3ccccc3O2)c1. The molecule has 2 unspecified atom stereocenters. The van der Waals surface area contributed by atoms with Gasteiger partial charge in [-0.05, 0) is 31.4 Å². The Labute approximate surface area is 194 Å². The van der Waals surface area contributed by atoms with Gasteiger partial charge in [-0.3, -0.25) is 18.8 Å². The van der Waals surface area contributed by atoms with Crippen LogP contribution >= 0.6 is 11.8 Å². The lowest BCUT2D eigenvalue weighted by Gasteiger charge is -2.26. The maximum Gasteiger partial charge on any atom is 0.257 e. The van der Waals surface area contributed by atoms with Crippen LogP contribution in [0.2, 0.25) is 0 Å². The topological polar surface area (TPSA) is 100 Å². The molecule has 2 aliphatic heterocycles. The van der Waals surface area contributed by atoms with E-state index >= 15 is 0 Å². The lowest BCUT2D eigenvalue weighted by atomic mass is 10.2. The molecule has 2 atom stereocenters. The van der Waals surface area contributed by atoms with E-state index in [-0.39, 0.29) is 30.0 Å². The number of benzene rings is 1. The summed E-state index contributed by atoms with van der Waals surface area (Å²) < 4.78 is 15.2. The number of aromatic nitrogens is 4. The van der Waals surface area contributed by atoms with Gasteiger partial charge in [0, 0.05) is 23.9 Å². The molecule has 1 N–H and O–H groups in total. The Hall–Kier alpha value is -3.27. The van der Waals surface area contributed by atoms with Crippen LogP contribution in [-0.2, 0) is 24.2 Å². The normalized spacial score (nSPS) is 20.4. The molecular formula is C23H23N5O4S. The molecule has 3 aromatic rings. The van der Waals surface area contributed by atoms with Crippen molar-refractivity contribution in [2.45, 2.75) is 49.5 Å². The third-order valence-electron chi connectivity index (χ3n) is 6.17. The van der Waals surface area contributed by atoms with Gasteiger partial charge >= 0.3 is 0 Å². The van der Waals surface area contributed by atoms with Gasteiger partial charge < -0.3 is 14.8 Å². The lowest BCUT2D eigenvalue weighted by Crippen LogP contribution is -2.33. The van der Waals surface area contributed by atoms with Crippen LogP contribution in [0.4, 0.5) is 5.69 Å². The number of rotatable bonds is 5. The minimum atomic E-state index is -0.182. The molecule has 1 amide bonds. The number of para-hydroxylation sites is 2. The maximum atomic E-state index is 12.9. The monoisotopic (exact) mass is 465 g/mol. The Kier molecular flexibility index (Phi) is 5.09. The molecular weight excluding hydrogens is 442 g/mol. The fraction of sp³-hybridized carbons (Fsp3) is 0.391. The van der Waals surface area contributed by atoms with Gasteiger partial charge in [-0.25, -0.2) is 4.98 Å².